The first-order chi connectivity index (χ1) is 4.33. The van der Waals surface area contributed by atoms with Crippen LogP contribution in [0.2, 0.25) is 0 Å². The first-order valence-electron chi connectivity index (χ1n) is 2.61. The van der Waals surface area contributed by atoms with Crippen molar-refractivity contribution in [2.24, 2.45) is 0 Å². The second kappa shape index (κ2) is 2.48. The van der Waals surface area contributed by atoms with Crippen LogP contribution in [0.3, 0.4) is 0 Å². The van der Waals surface area contributed by atoms with Gasteiger partial charge in [-0.25, -0.2) is 0 Å². The minimum absolute atomic E-state index is 0.281. The van der Waals surface area contributed by atoms with Gasteiger partial charge in [0.25, 0.3) is 6.47 Å². The van der Waals surface area contributed by atoms with Gasteiger partial charge >= 0.3 is 5.97 Å². The van der Waals surface area contributed by atoms with Crippen LogP contribution >= 0.6 is 0 Å². The van der Waals surface area contributed by atoms with E-state index in [1.807, 2.05) is 0 Å². The van der Waals surface area contributed by atoms with E-state index >= 15 is 0 Å². The summed E-state index contributed by atoms with van der Waals surface area (Å²) in [5.74, 6) is -0.304. The normalized spacial score (nSPS) is 25.3. The molecule has 0 spiro atoms. The van der Waals surface area contributed by atoms with Gasteiger partial charge in [-0.3, -0.25) is 9.59 Å². The van der Waals surface area contributed by atoms with Gasteiger partial charge in [0, 0.05) is 6.42 Å². The molecule has 50 valence electrons. The molecule has 1 rings (SSSR count). The standard InChI is InChI=1S/C5H6O4/c6-3-8-5-2-1-4(7)9-5/h3,5H,1-2H2/t5-/m0/s1. The Morgan fingerprint density at radius 3 is 3.00 bits per heavy atom. The van der Waals surface area contributed by atoms with Gasteiger partial charge in [0.2, 0.25) is 6.29 Å². The molecule has 9 heavy (non-hydrogen) atoms. The Labute approximate surface area is 51.7 Å². The maximum Gasteiger partial charge on any atom is 0.309 e. The summed E-state index contributed by atoms with van der Waals surface area (Å²) in [5, 5.41) is 0. The average molecular weight is 130 g/mol. The fourth-order valence-electron chi connectivity index (χ4n) is 0.658. The number of hydrogen-bond donors (Lipinski definition) is 0. The quantitative estimate of drug-likeness (QED) is 0.384. The molecule has 1 atom stereocenters. The van der Waals surface area contributed by atoms with Gasteiger partial charge < -0.3 is 9.47 Å². The van der Waals surface area contributed by atoms with Crippen molar-refractivity contribution < 1.29 is 19.1 Å². The van der Waals surface area contributed by atoms with Crippen LogP contribution in [0.4, 0.5) is 0 Å². The second-order valence-electron chi connectivity index (χ2n) is 1.69. The van der Waals surface area contributed by atoms with E-state index in [4.69, 9.17) is 0 Å². The van der Waals surface area contributed by atoms with Crippen molar-refractivity contribution >= 4 is 12.4 Å². The highest BCUT2D eigenvalue weighted by atomic mass is 16.7. The molecule has 0 aromatic carbocycles. The topological polar surface area (TPSA) is 52.6 Å². The molecule has 1 saturated heterocycles. The Morgan fingerprint density at radius 2 is 2.56 bits per heavy atom. The first kappa shape index (κ1) is 6.07. The average Bonchev–Trinajstić information content (AvgIpc) is 2.17. The molecule has 0 amide bonds. The SMILES string of the molecule is O=CO[C@@H]1CCC(=O)O1. The molecule has 0 aromatic heterocycles. The zero-order chi connectivity index (χ0) is 6.69. The van der Waals surface area contributed by atoms with Gasteiger partial charge in [-0.15, -0.1) is 0 Å². The lowest BCUT2D eigenvalue weighted by Crippen LogP contribution is -2.09. The molecule has 4 heteroatoms. The Morgan fingerprint density at radius 1 is 1.78 bits per heavy atom. The van der Waals surface area contributed by atoms with Gasteiger partial charge in [0.1, 0.15) is 0 Å². The molecule has 1 aliphatic heterocycles. The maximum absolute atomic E-state index is 10.3. The Balaban J connectivity index is 2.29. The van der Waals surface area contributed by atoms with Crippen LogP contribution in [0.25, 0.3) is 0 Å². The molecule has 0 unspecified atom stereocenters. The summed E-state index contributed by atoms with van der Waals surface area (Å²) >= 11 is 0. The molecular formula is C5H6O4. The summed E-state index contributed by atoms with van der Waals surface area (Å²) < 4.78 is 8.86. The van der Waals surface area contributed by atoms with E-state index in [2.05, 4.69) is 9.47 Å². The van der Waals surface area contributed by atoms with Crippen molar-refractivity contribution in [2.75, 3.05) is 0 Å². The van der Waals surface area contributed by atoms with E-state index < -0.39 is 6.29 Å². The van der Waals surface area contributed by atoms with Crippen molar-refractivity contribution in [3.05, 3.63) is 0 Å². The van der Waals surface area contributed by atoms with Gasteiger partial charge in [0.05, 0.1) is 6.42 Å². The number of carbonyl (C=O) groups excluding carboxylic acids is 2. The van der Waals surface area contributed by atoms with Crippen LogP contribution in [0, 0.1) is 0 Å². The van der Waals surface area contributed by atoms with Crippen LogP contribution in [-0.4, -0.2) is 18.7 Å². The van der Waals surface area contributed by atoms with Crippen LogP contribution in [0.5, 0.6) is 0 Å². The minimum Gasteiger partial charge on any atom is -0.427 e. The van der Waals surface area contributed by atoms with E-state index in [1.165, 1.54) is 0 Å². The zero-order valence-electron chi connectivity index (χ0n) is 4.70. The third kappa shape index (κ3) is 1.42. The molecule has 1 fully saturated rings. The molecule has 0 aliphatic carbocycles. The molecule has 0 aromatic rings. The lowest BCUT2D eigenvalue weighted by atomic mass is 10.4. The molecule has 0 radical (unpaired) electrons. The maximum atomic E-state index is 10.3. The van der Waals surface area contributed by atoms with E-state index in [-0.39, 0.29) is 12.4 Å². The molecule has 4 nitrogen and oxygen atoms in total. The van der Waals surface area contributed by atoms with Crippen molar-refractivity contribution in [2.45, 2.75) is 19.1 Å². The van der Waals surface area contributed by atoms with Crippen molar-refractivity contribution in [1.82, 2.24) is 0 Å². The summed E-state index contributed by atoms with van der Waals surface area (Å²) in [6.45, 7) is 0.281. The highest BCUT2D eigenvalue weighted by Gasteiger charge is 2.23. The van der Waals surface area contributed by atoms with Crippen LogP contribution < -0.4 is 0 Å². The Kier molecular flexibility index (Phi) is 1.67. The highest BCUT2D eigenvalue weighted by molar-refractivity contribution is 5.71. The van der Waals surface area contributed by atoms with E-state index in [1.54, 1.807) is 0 Å². The Hall–Kier alpha value is -1.06. The van der Waals surface area contributed by atoms with Crippen LogP contribution in [0.15, 0.2) is 0 Å². The van der Waals surface area contributed by atoms with Crippen molar-refractivity contribution in [1.29, 1.82) is 0 Å². The number of carbonyl (C=O) groups is 2. The minimum atomic E-state index is -0.630. The predicted molar refractivity (Wildman–Crippen MR) is 26.3 cm³/mol. The third-order valence-corrected chi connectivity index (χ3v) is 1.05. The number of hydrogen-bond acceptors (Lipinski definition) is 4. The van der Waals surface area contributed by atoms with Gasteiger partial charge in [-0.1, -0.05) is 0 Å². The largest absolute Gasteiger partial charge is 0.427 e. The van der Waals surface area contributed by atoms with E-state index in [0.29, 0.717) is 12.8 Å². The highest BCUT2D eigenvalue weighted by Crippen LogP contribution is 2.13. The lowest BCUT2D eigenvalue weighted by Gasteiger charge is -2.03. The van der Waals surface area contributed by atoms with Gasteiger partial charge in [-0.05, 0) is 0 Å². The van der Waals surface area contributed by atoms with Gasteiger partial charge in [-0.2, -0.15) is 0 Å². The smallest absolute Gasteiger partial charge is 0.309 e. The fourth-order valence-corrected chi connectivity index (χ4v) is 0.658. The van der Waals surface area contributed by atoms with Crippen LogP contribution in [-0.2, 0) is 19.1 Å². The van der Waals surface area contributed by atoms with Crippen molar-refractivity contribution in [3.8, 4) is 0 Å². The summed E-state index contributed by atoms with van der Waals surface area (Å²) in [5.41, 5.74) is 0. The number of ether oxygens (including phenoxy) is 2. The van der Waals surface area contributed by atoms with Crippen molar-refractivity contribution in [3.63, 3.8) is 0 Å². The van der Waals surface area contributed by atoms with E-state index in [0.717, 1.165) is 0 Å². The lowest BCUT2D eigenvalue weighted by molar-refractivity contribution is -0.167. The second-order valence-corrected chi connectivity index (χ2v) is 1.69. The first-order valence-corrected chi connectivity index (χ1v) is 2.61. The summed E-state index contributed by atoms with van der Waals surface area (Å²) in [4.78, 5) is 20.0. The molecule has 1 aliphatic rings. The fraction of sp³-hybridized carbons (Fsp3) is 0.600. The van der Waals surface area contributed by atoms with Gasteiger partial charge in [0.15, 0.2) is 0 Å². The number of rotatable bonds is 2. The monoisotopic (exact) mass is 130 g/mol. The number of esters is 1. The molecule has 0 bridgehead atoms. The van der Waals surface area contributed by atoms with Crippen LogP contribution in [0.1, 0.15) is 12.8 Å². The summed E-state index contributed by atoms with van der Waals surface area (Å²) in [7, 11) is 0. The molecular weight excluding hydrogens is 124 g/mol. The molecule has 1 heterocycles. The third-order valence-electron chi connectivity index (χ3n) is 1.05. The predicted octanol–water partition coefficient (Wildman–Crippen LogP) is -0.177. The number of cyclic esters (lactones) is 1. The molecule has 0 N–H and O–H groups in total. The Bertz CT molecular complexity index is 131. The summed E-state index contributed by atoms with van der Waals surface area (Å²) in [6.07, 6.45) is 0.200. The molecule has 0 saturated carbocycles. The van der Waals surface area contributed by atoms with E-state index in [9.17, 15) is 9.59 Å². The summed E-state index contributed by atoms with van der Waals surface area (Å²) in [6, 6.07) is 0. The zero-order valence-corrected chi connectivity index (χ0v) is 4.70.